The van der Waals surface area contributed by atoms with Crippen LogP contribution in [0.15, 0.2) is 72.8 Å². The van der Waals surface area contributed by atoms with Gasteiger partial charge in [-0.3, -0.25) is 0 Å². The molecule has 24 heavy (non-hydrogen) atoms. The molecule has 0 aliphatic heterocycles. The molecule has 0 radical (unpaired) electrons. The van der Waals surface area contributed by atoms with Crippen LogP contribution >= 0.6 is 11.3 Å². The van der Waals surface area contributed by atoms with E-state index in [2.05, 4.69) is 72.8 Å². The van der Waals surface area contributed by atoms with Gasteiger partial charge in [-0.15, -0.1) is 11.3 Å². The van der Waals surface area contributed by atoms with E-state index in [1.54, 1.807) is 0 Å². The summed E-state index contributed by atoms with van der Waals surface area (Å²) in [6.45, 7) is 0. The maximum Gasteiger partial charge on any atom is 0.0403 e. The predicted octanol–water partition coefficient (Wildman–Crippen LogP) is 6.78. The van der Waals surface area contributed by atoms with Crippen LogP contribution in [0.4, 0.5) is 0 Å². The lowest BCUT2D eigenvalue weighted by molar-refractivity contribution is 1.29. The second-order valence-electron chi connectivity index (χ2n) is 6.54. The van der Waals surface area contributed by atoms with E-state index in [9.17, 15) is 0 Å². The number of benzene rings is 4. The first kappa shape index (κ1) is 12.7. The van der Waals surface area contributed by atoms with Gasteiger partial charge in [-0.05, 0) is 39.1 Å². The summed E-state index contributed by atoms with van der Waals surface area (Å²) in [5.74, 6) is 0. The molecule has 1 heterocycles. The van der Waals surface area contributed by atoms with Gasteiger partial charge in [0.15, 0.2) is 0 Å². The van der Waals surface area contributed by atoms with Crippen LogP contribution in [0, 0.1) is 0 Å². The van der Waals surface area contributed by atoms with Gasteiger partial charge in [0.2, 0.25) is 0 Å². The lowest BCUT2D eigenvalue weighted by Crippen LogP contribution is -1.84. The van der Waals surface area contributed by atoms with Crippen molar-refractivity contribution in [3.05, 3.63) is 83.9 Å². The lowest BCUT2D eigenvalue weighted by atomic mass is 9.94. The van der Waals surface area contributed by atoms with Crippen molar-refractivity contribution in [2.45, 2.75) is 6.42 Å². The van der Waals surface area contributed by atoms with E-state index >= 15 is 0 Å². The predicted molar refractivity (Wildman–Crippen MR) is 105 cm³/mol. The topological polar surface area (TPSA) is 0 Å². The molecule has 1 aliphatic rings. The number of thiophene rings is 1. The van der Waals surface area contributed by atoms with E-state index in [1.807, 2.05) is 11.3 Å². The van der Waals surface area contributed by atoms with E-state index in [-0.39, 0.29) is 0 Å². The fourth-order valence-corrected chi connectivity index (χ4v) is 5.57. The minimum absolute atomic E-state index is 1.06. The third-order valence-corrected chi connectivity index (χ3v) is 6.52. The molecule has 1 heteroatoms. The second-order valence-corrected chi connectivity index (χ2v) is 7.59. The zero-order valence-corrected chi connectivity index (χ0v) is 13.9. The van der Waals surface area contributed by atoms with Crippen LogP contribution in [0.2, 0.25) is 0 Å². The highest BCUT2D eigenvalue weighted by molar-refractivity contribution is 7.26. The largest absolute Gasteiger partial charge is 0.135 e. The highest BCUT2D eigenvalue weighted by Gasteiger charge is 2.25. The lowest BCUT2D eigenvalue weighted by Gasteiger charge is -2.09. The van der Waals surface area contributed by atoms with Gasteiger partial charge in [-0.1, -0.05) is 66.7 Å². The van der Waals surface area contributed by atoms with Gasteiger partial charge < -0.3 is 0 Å². The first-order valence-electron chi connectivity index (χ1n) is 8.35. The molecule has 4 aromatic carbocycles. The normalized spacial score (nSPS) is 12.8. The highest BCUT2D eigenvalue weighted by atomic mass is 32.1. The van der Waals surface area contributed by atoms with Crippen molar-refractivity contribution in [3.8, 4) is 11.1 Å². The molecule has 0 N–H and O–H groups in total. The number of hydrogen-bond acceptors (Lipinski definition) is 1. The maximum atomic E-state index is 2.29. The van der Waals surface area contributed by atoms with Crippen LogP contribution in [0.3, 0.4) is 0 Å². The van der Waals surface area contributed by atoms with Crippen molar-refractivity contribution in [1.82, 2.24) is 0 Å². The van der Waals surface area contributed by atoms with E-state index < -0.39 is 0 Å². The maximum absolute atomic E-state index is 2.29. The zero-order valence-electron chi connectivity index (χ0n) is 13.0. The van der Waals surface area contributed by atoms with Crippen LogP contribution in [0.1, 0.15) is 11.1 Å². The summed E-state index contributed by atoms with van der Waals surface area (Å²) in [5, 5.41) is 5.62. The molecule has 1 aliphatic carbocycles. The fourth-order valence-electron chi connectivity index (χ4n) is 4.31. The third-order valence-electron chi connectivity index (χ3n) is 5.29. The van der Waals surface area contributed by atoms with Gasteiger partial charge in [-0.25, -0.2) is 0 Å². The SMILES string of the molecule is c1ccc2c(c1)Cc1c-2c2ccccc2c2c1sc1ccccc12. The summed E-state index contributed by atoms with van der Waals surface area (Å²) in [6, 6.07) is 26.6. The molecule has 0 amide bonds. The zero-order chi connectivity index (χ0) is 15.7. The van der Waals surface area contributed by atoms with E-state index in [4.69, 9.17) is 0 Å². The molecule has 6 rings (SSSR count). The standard InChI is InChI=1S/C23H14S/c1-2-8-15-14(7-1)13-19-21(15)16-9-3-4-10-17(16)22-18-11-5-6-12-20(18)24-23(19)22/h1-12H,13H2. The Labute approximate surface area is 144 Å². The minimum Gasteiger partial charge on any atom is -0.135 e. The van der Waals surface area contributed by atoms with Crippen molar-refractivity contribution in [2.75, 3.05) is 0 Å². The quantitative estimate of drug-likeness (QED) is 0.289. The summed E-state index contributed by atoms with van der Waals surface area (Å²) in [7, 11) is 0. The average molecular weight is 322 g/mol. The summed E-state index contributed by atoms with van der Waals surface area (Å²) in [5.41, 5.74) is 5.86. The first-order chi connectivity index (χ1) is 11.9. The van der Waals surface area contributed by atoms with E-state index in [1.165, 1.54) is 53.2 Å². The third kappa shape index (κ3) is 1.48. The molecule has 112 valence electrons. The van der Waals surface area contributed by atoms with Gasteiger partial charge in [0.1, 0.15) is 0 Å². The van der Waals surface area contributed by atoms with Crippen molar-refractivity contribution < 1.29 is 0 Å². The Balaban J connectivity index is 1.94. The summed E-state index contributed by atoms with van der Waals surface area (Å²) < 4.78 is 2.86. The molecule has 0 atom stereocenters. The van der Waals surface area contributed by atoms with Gasteiger partial charge in [0, 0.05) is 26.6 Å². The highest BCUT2D eigenvalue weighted by Crippen LogP contribution is 2.50. The summed E-state index contributed by atoms with van der Waals surface area (Å²) in [6.07, 6.45) is 1.06. The van der Waals surface area contributed by atoms with Gasteiger partial charge in [0.05, 0.1) is 0 Å². The van der Waals surface area contributed by atoms with E-state index in [0.717, 1.165) is 6.42 Å². The monoisotopic (exact) mass is 322 g/mol. The Morgan fingerprint density at radius 1 is 0.667 bits per heavy atom. The molecule has 0 saturated heterocycles. The molecule has 0 saturated carbocycles. The Morgan fingerprint density at radius 2 is 1.38 bits per heavy atom. The van der Waals surface area contributed by atoms with Crippen LogP contribution in [0.25, 0.3) is 42.1 Å². The fraction of sp³-hybridized carbons (Fsp3) is 0.0435. The Morgan fingerprint density at radius 3 is 2.29 bits per heavy atom. The van der Waals surface area contributed by atoms with Gasteiger partial charge >= 0.3 is 0 Å². The first-order valence-corrected chi connectivity index (χ1v) is 9.16. The second kappa shape index (κ2) is 4.46. The van der Waals surface area contributed by atoms with Crippen molar-refractivity contribution >= 4 is 42.3 Å². The smallest absolute Gasteiger partial charge is 0.0403 e. The molecule has 5 aromatic rings. The van der Waals surface area contributed by atoms with Gasteiger partial charge in [-0.2, -0.15) is 0 Å². The van der Waals surface area contributed by atoms with Crippen LogP contribution in [-0.2, 0) is 6.42 Å². The molecule has 0 nitrogen and oxygen atoms in total. The molecule has 0 bridgehead atoms. The Bertz CT molecular complexity index is 1270. The molecule has 0 unspecified atom stereocenters. The van der Waals surface area contributed by atoms with Gasteiger partial charge in [0.25, 0.3) is 0 Å². The number of fused-ring (bicyclic) bond motifs is 10. The summed E-state index contributed by atoms with van der Waals surface area (Å²) in [4.78, 5) is 0. The minimum atomic E-state index is 1.06. The van der Waals surface area contributed by atoms with Crippen molar-refractivity contribution in [3.63, 3.8) is 0 Å². The van der Waals surface area contributed by atoms with E-state index in [0.29, 0.717) is 0 Å². The molecule has 1 aromatic heterocycles. The Kier molecular flexibility index (Phi) is 2.37. The Hall–Kier alpha value is -2.64. The van der Waals surface area contributed by atoms with Crippen LogP contribution < -0.4 is 0 Å². The van der Waals surface area contributed by atoms with Crippen LogP contribution in [0.5, 0.6) is 0 Å². The average Bonchev–Trinajstić information content (AvgIpc) is 3.21. The molecule has 0 fully saturated rings. The summed E-state index contributed by atoms with van der Waals surface area (Å²) >= 11 is 1.95. The van der Waals surface area contributed by atoms with Crippen molar-refractivity contribution in [1.29, 1.82) is 0 Å². The molecular weight excluding hydrogens is 308 g/mol. The molecular formula is C23H14S. The number of rotatable bonds is 0. The number of hydrogen-bond donors (Lipinski definition) is 0. The van der Waals surface area contributed by atoms with Crippen LogP contribution in [-0.4, -0.2) is 0 Å². The molecule has 0 spiro atoms. The van der Waals surface area contributed by atoms with Crippen molar-refractivity contribution in [2.24, 2.45) is 0 Å².